The summed E-state index contributed by atoms with van der Waals surface area (Å²) in [5.41, 5.74) is -0.740. The number of hydrogen-bond acceptors (Lipinski definition) is 14. The van der Waals surface area contributed by atoms with Gasteiger partial charge in [-0.05, 0) is 51.1 Å². The van der Waals surface area contributed by atoms with E-state index in [0.717, 1.165) is 19.4 Å². The van der Waals surface area contributed by atoms with Gasteiger partial charge in [-0.25, -0.2) is 9.59 Å². The first kappa shape index (κ1) is 33.1. The van der Waals surface area contributed by atoms with Gasteiger partial charge in [-0.2, -0.15) is 0 Å². The Kier molecular flexibility index (Phi) is 8.76. The standard InChI is InChI=1S/C30H35NO15/c1-13(27(39)45-18(26(37)38)11-21(34)35)42-28(40)19(43-14(2)32)12-22(36)44-17-6-7-30(41)20-10-15-4-5-16(33)24-23(15)29(30,25(17)46-24)8-9-31(20)3/h4-6,13,18-20,25,28,33,40-41H,7-12H2,1-3H3,(H,34,35)(H,37,38)/t13-,18-,19-,20+,25-,28?,29?,30+/m0/s1. The zero-order valence-electron chi connectivity index (χ0n) is 25.2. The van der Waals surface area contributed by atoms with E-state index in [2.05, 4.69) is 9.64 Å². The molecule has 1 aromatic rings. The van der Waals surface area contributed by atoms with Crippen LogP contribution in [-0.4, -0.2) is 116 Å². The number of aromatic hydroxyl groups is 1. The van der Waals surface area contributed by atoms with Gasteiger partial charge in [0.1, 0.15) is 5.76 Å². The number of piperidine rings is 1. The van der Waals surface area contributed by atoms with Crippen LogP contribution in [0.5, 0.6) is 11.5 Å². The first-order chi connectivity index (χ1) is 21.6. The van der Waals surface area contributed by atoms with Crippen LogP contribution < -0.4 is 4.74 Å². The predicted molar refractivity (Wildman–Crippen MR) is 149 cm³/mol. The Morgan fingerprint density at radius 3 is 2.50 bits per heavy atom. The predicted octanol–water partition coefficient (Wildman–Crippen LogP) is -0.270. The molecule has 2 heterocycles. The van der Waals surface area contributed by atoms with Gasteiger partial charge in [0, 0.05) is 24.9 Å². The lowest BCUT2D eigenvalue weighted by molar-refractivity contribution is -0.215. The molecule has 0 radical (unpaired) electrons. The van der Waals surface area contributed by atoms with Crippen LogP contribution in [0, 0.1) is 0 Å². The summed E-state index contributed by atoms with van der Waals surface area (Å²) >= 11 is 0. The second-order valence-electron chi connectivity index (χ2n) is 12.0. The van der Waals surface area contributed by atoms with Gasteiger partial charge in [0.15, 0.2) is 36.1 Å². The molecule has 8 atom stereocenters. The molecule has 4 aliphatic rings. The minimum atomic E-state index is -2.11. The molecule has 5 N–H and O–H groups in total. The normalized spacial score (nSPS) is 28.3. The van der Waals surface area contributed by atoms with Crippen LogP contribution in [-0.2, 0) is 54.8 Å². The number of nitrogens with zero attached hydrogens (tertiary/aromatic N) is 1. The maximum atomic E-state index is 13.2. The van der Waals surface area contributed by atoms with Crippen molar-refractivity contribution >= 4 is 29.8 Å². The average molecular weight is 650 g/mol. The number of hydrogen-bond donors (Lipinski definition) is 5. The van der Waals surface area contributed by atoms with Crippen LogP contribution >= 0.6 is 0 Å². The fourth-order valence-electron chi connectivity index (χ4n) is 7.12. The number of phenolic OH excluding ortho intramolecular Hbond substituents is 1. The first-order valence-corrected chi connectivity index (χ1v) is 14.6. The number of phenols is 1. The van der Waals surface area contributed by atoms with Crippen molar-refractivity contribution < 1.29 is 73.2 Å². The number of ether oxygens (including phenoxy) is 5. The SMILES string of the molecule is CC(=O)O[C@@H](CC(=O)OC1=CC[C@@]2(O)[C@H]3Cc4ccc(O)c5c4C2(CCN3C)[C@H]1O5)C(O)O[C@@H](C)C(=O)O[C@@H](CC(=O)O)C(=O)O. The molecule has 1 saturated heterocycles. The molecule has 16 nitrogen and oxygen atoms in total. The molecule has 250 valence electrons. The van der Waals surface area contributed by atoms with Gasteiger partial charge in [-0.15, -0.1) is 0 Å². The Hall–Kier alpha value is -4.25. The lowest BCUT2D eigenvalue weighted by Gasteiger charge is -2.61. The highest BCUT2D eigenvalue weighted by Crippen LogP contribution is 2.65. The molecular formula is C30H35NO15. The summed E-state index contributed by atoms with van der Waals surface area (Å²) in [6, 6.07) is 3.05. The van der Waals surface area contributed by atoms with Crippen molar-refractivity contribution in [1.29, 1.82) is 0 Å². The van der Waals surface area contributed by atoms with Crippen molar-refractivity contribution in [1.82, 2.24) is 4.90 Å². The van der Waals surface area contributed by atoms with E-state index in [-0.39, 0.29) is 29.7 Å². The number of carbonyl (C=O) groups is 5. The van der Waals surface area contributed by atoms with Crippen molar-refractivity contribution in [3.8, 4) is 11.5 Å². The number of esters is 3. The van der Waals surface area contributed by atoms with Gasteiger partial charge >= 0.3 is 29.8 Å². The summed E-state index contributed by atoms with van der Waals surface area (Å²) in [5, 5.41) is 51.5. The van der Waals surface area contributed by atoms with Crippen LogP contribution in [0.15, 0.2) is 24.0 Å². The number of aliphatic hydroxyl groups excluding tert-OH is 1. The Morgan fingerprint density at radius 1 is 1.13 bits per heavy atom. The smallest absolute Gasteiger partial charge is 0.345 e. The van der Waals surface area contributed by atoms with E-state index in [0.29, 0.717) is 24.9 Å². The summed E-state index contributed by atoms with van der Waals surface area (Å²) < 4.78 is 26.8. The molecule has 5 rings (SSSR count). The molecule has 2 bridgehead atoms. The highest BCUT2D eigenvalue weighted by molar-refractivity contribution is 5.84. The van der Waals surface area contributed by atoms with Gasteiger partial charge in [0.2, 0.25) is 6.10 Å². The van der Waals surface area contributed by atoms with E-state index in [1.807, 2.05) is 7.05 Å². The molecule has 1 aromatic carbocycles. The van der Waals surface area contributed by atoms with E-state index in [1.54, 1.807) is 12.1 Å². The third-order valence-corrected chi connectivity index (χ3v) is 9.16. The maximum Gasteiger partial charge on any atom is 0.345 e. The van der Waals surface area contributed by atoms with E-state index < -0.39 is 84.4 Å². The molecular weight excluding hydrogens is 614 g/mol. The second kappa shape index (κ2) is 12.2. The van der Waals surface area contributed by atoms with E-state index in [9.17, 15) is 39.3 Å². The lowest BCUT2D eigenvalue weighted by Crippen LogP contribution is -2.74. The van der Waals surface area contributed by atoms with Crippen molar-refractivity contribution in [2.45, 2.75) is 93.7 Å². The quantitative estimate of drug-likeness (QED) is 0.111. The van der Waals surface area contributed by atoms with Crippen LogP contribution in [0.4, 0.5) is 0 Å². The third kappa shape index (κ3) is 5.55. The summed E-state index contributed by atoms with van der Waals surface area (Å²) in [6.07, 6.45) is -7.67. The van der Waals surface area contributed by atoms with Gasteiger partial charge in [-0.1, -0.05) is 6.07 Å². The molecule has 46 heavy (non-hydrogen) atoms. The number of likely N-dealkylation sites (N-methyl/N-ethyl adjacent to an activating group) is 1. The van der Waals surface area contributed by atoms with Crippen LogP contribution in [0.3, 0.4) is 0 Å². The monoisotopic (exact) mass is 649 g/mol. The molecule has 2 unspecified atom stereocenters. The summed E-state index contributed by atoms with van der Waals surface area (Å²) in [7, 11) is 1.93. The van der Waals surface area contributed by atoms with Crippen molar-refractivity contribution in [3.05, 3.63) is 35.1 Å². The largest absolute Gasteiger partial charge is 0.504 e. The van der Waals surface area contributed by atoms with Gasteiger partial charge in [-0.3, -0.25) is 14.4 Å². The zero-order chi connectivity index (χ0) is 33.7. The van der Waals surface area contributed by atoms with Crippen molar-refractivity contribution in [2.24, 2.45) is 0 Å². The fourth-order valence-corrected chi connectivity index (χ4v) is 7.12. The number of benzene rings is 1. The van der Waals surface area contributed by atoms with E-state index in [4.69, 9.17) is 29.2 Å². The maximum absolute atomic E-state index is 13.2. The number of carboxylic acid groups (broad SMARTS) is 2. The van der Waals surface area contributed by atoms with Crippen LogP contribution in [0.2, 0.25) is 0 Å². The molecule has 0 saturated carbocycles. The zero-order valence-corrected chi connectivity index (χ0v) is 25.2. The number of aliphatic hydroxyl groups is 2. The van der Waals surface area contributed by atoms with Gasteiger partial charge < -0.3 is 54.1 Å². The minimum absolute atomic E-state index is 0.0634. The number of rotatable bonds is 12. The van der Waals surface area contributed by atoms with Gasteiger partial charge in [0.05, 0.1) is 23.9 Å². The lowest BCUT2D eigenvalue weighted by atomic mass is 9.50. The summed E-state index contributed by atoms with van der Waals surface area (Å²) in [4.78, 5) is 61.5. The van der Waals surface area contributed by atoms with Crippen molar-refractivity contribution in [2.75, 3.05) is 13.6 Å². The number of carboxylic acids is 2. The highest BCUT2D eigenvalue weighted by atomic mass is 16.7. The highest BCUT2D eigenvalue weighted by Gasteiger charge is 2.72. The molecule has 0 amide bonds. The number of carbonyl (C=O) groups excluding carboxylic acids is 3. The third-order valence-electron chi connectivity index (χ3n) is 9.16. The van der Waals surface area contributed by atoms with Crippen LogP contribution in [0.1, 0.15) is 50.7 Å². The Labute approximate surface area is 262 Å². The molecule has 1 fully saturated rings. The van der Waals surface area contributed by atoms with E-state index in [1.165, 1.54) is 6.07 Å². The number of likely N-dealkylation sites (tertiary alicyclic amines) is 1. The second-order valence-corrected chi connectivity index (χ2v) is 12.0. The summed E-state index contributed by atoms with van der Waals surface area (Å²) in [5.74, 6) is -6.34. The summed E-state index contributed by atoms with van der Waals surface area (Å²) in [6.45, 7) is 2.67. The fraction of sp³-hybridized carbons (Fsp3) is 0.567. The number of aliphatic carboxylic acids is 2. The first-order valence-electron chi connectivity index (χ1n) is 14.6. The topological polar surface area (TPSA) is 236 Å². The minimum Gasteiger partial charge on any atom is -0.504 e. The average Bonchev–Trinajstić information content (AvgIpc) is 3.32. The molecule has 2 aliphatic heterocycles. The Morgan fingerprint density at radius 2 is 1.85 bits per heavy atom. The molecule has 2 aliphatic carbocycles. The van der Waals surface area contributed by atoms with Crippen molar-refractivity contribution in [3.63, 3.8) is 0 Å². The van der Waals surface area contributed by atoms with E-state index >= 15 is 0 Å². The molecule has 16 heteroatoms. The van der Waals surface area contributed by atoms with Crippen LogP contribution in [0.25, 0.3) is 0 Å². The Bertz CT molecular complexity index is 1490. The molecule has 0 aromatic heterocycles. The molecule has 1 spiro atoms. The Balaban J connectivity index is 1.31. The van der Waals surface area contributed by atoms with Gasteiger partial charge in [0.25, 0.3) is 0 Å².